The van der Waals surface area contributed by atoms with Gasteiger partial charge in [-0.05, 0) is 13.1 Å². The van der Waals surface area contributed by atoms with Crippen molar-refractivity contribution < 1.29 is 4.79 Å². The molecule has 0 aliphatic carbocycles. The zero-order valence-electron chi connectivity index (χ0n) is 8.27. The van der Waals surface area contributed by atoms with E-state index in [-0.39, 0.29) is 5.91 Å². The molecule has 0 atom stereocenters. The van der Waals surface area contributed by atoms with Crippen LogP contribution in [0.1, 0.15) is 20.8 Å². The molecular formula is C8H20N2O. The van der Waals surface area contributed by atoms with Gasteiger partial charge in [0.05, 0.1) is 0 Å². The molecule has 1 amide bonds. The van der Waals surface area contributed by atoms with Gasteiger partial charge in [0.2, 0.25) is 5.91 Å². The number of nitrogens with one attached hydrogen (secondary N) is 1. The van der Waals surface area contributed by atoms with Crippen molar-refractivity contribution in [1.82, 2.24) is 10.2 Å². The Hall–Kier alpha value is -0.570. The molecule has 0 fully saturated rings. The lowest BCUT2D eigenvalue weighted by Gasteiger charge is -2.02. The van der Waals surface area contributed by atoms with Crippen molar-refractivity contribution in [2.45, 2.75) is 20.8 Å². The lowest BCUT2D eigenvalue weighted by atomic mass is 10.7. The Morgan fingerprint density at radius 2 is 1.55 bits per heavy atom. The van der Waals surface area contributed by atoms with E-state index in [0.717, 1.165) is 13.1 Å². The van der Waals surface area contributed by atoms with Crippen LogP contribution in [0.15, 0.2) is 0 Å². The quantitative estimate of drug-likeness (QED) is 0.645. The topological polar surface area (TPSA) is 32.3 Å². The monoisotopic (exact) mass is 160 g/mol. The smallest absolute Gasteiger partial charge is 0.218 e. The number of amides is 1. The molecule has 0 saturated heterocycles. The van der Waals surface area contributed by atoms with Gasteiger partial charge in [-0.1, -0.05) is 13.8 Å². The van der Waals surface area contributed by atoms with Crippen molar-refractivity contribution in [2.24, 2.45) is 0 Å². The predicted octanol–water partition coefficient (Wildman–Crippen LogP) is 0.710. The highest BCUT2D eigenvalue weighted by Crippen LogP contribution is 1.69. The molecule has 0 radical (unpaired) electrons. The van der Waals surface area contributed by atoms with Crippen LogP contribution < -0.4 is 5.32 Å². The number of carbonyl (C=O) groups excluding carboxylic acids is 1. The first kappa shape index (κ1) is 13.1. The third-order valence-corrected chi connectivity index (χ3v) is 1.13. The van der Waals surface area contributed by atoms with E-state index >= 15 is 0 Å². The Morgan fingerprint density at radius 1 is 1.27 bits per heavy atom. The molecule has 0 bridgehead atoms. The third-order valence-electron chi connectivity index (χ3n) is 1.13. The van der Waals surface area contributed by atoms with Gasteiger partial charge >= 0.3 is 0 Å². The van der Waals surface area contributed by atoms with Gasteiger partial charge in [-0.25, -0.2) is 0 Å². The minimum absolute atomic E-state index is 0.0926. The predicted molar refractivity (Wildman–Crippen MR) is 48.6 cm³/mol. The molecule has 0 rings (SSSR count). The van der Waals surface area contributed by atoms with Crippen molar-refractivity contribution in [3.8, 4) is 0 Å². The fourth-order valence-corrected chi connectivity index (χ4v) is 0.250. The van der Waals surface area contributed by atoms with Crippen molar-refractivity contribution in [1.29, 1.82) is 0 Å². The van der Waals surface area contributed by atoms with Gasteiger partial charge in [-0.2, -0.15) is 0 Å². The molecule has 0 saturated carbocycles. The van der Waals surface area contributed by atoms with Crippen LogP contribution in [0.5, 0.6) is 0 Å². The molecule has 0 aromatic heterocycles. The maximum atomic E-state index is 10.1. The number of nitrogens with zero attached hydrogens (tertiary/aromatic N) is 1. The molecule has 68 valence electrons. The van der Waals surface area contributed by atoms with Gasteiger partial charge in [0, 0.05) is 21.0 Å². The highest BCUT2D eigenvalue weighted by molar-refractivity contribution is 5.72. The highest BCUT2D eigenvalue weighted by Gasteiger charge is 1.87. The minimum Gasteiger partial charge on any atom is -0.349 e. The number of hydrogen-bond acceptors (Lipinski definition) is 2. The van der Waals surface area contributed by atoms with Crippen LogP contribution in [0.25, 0.3) is 0 Å². The summed E-state index contributed by atoms with van der Waals surface area (Å²) in [6, 6.07) is 0. The van der Waals surface area contributed by atoms with Crippen LogP contribution in [-0.4, -0.2) is 38.0 Å². The van der Waals surface area contributed by atoms with Crippen LogP contribution >= 0.6 is 0 Å². The third kappa shape index (κ3) is 17.7. The highest BCUT2D eigenvalue weighted by atomic mass is 16.2. The van der Waals surface area contributed by atoms with E-state index in [4.69, 9.17) is 0 Å². The van der Waals surface area contributed by atoms with E-state index in [1.54, 1.807) is 14.1 Å². The molecule has 0 heterocycles. The average Bonchev–Trinajstić information content (AvgIpc) is 1.90. The molecule has 0 spiro atoms. The van der Waals surface area contributed by atoms with Crippen molar-refractivity contribution in [2.75, 3.05) is 27.2 Å². The standard InChI is InChI=1S/C4H9NO.C4H11N/c1-4(6)5(2)3;1-3-5-4-2/h1-3H3;5H,3-4H2,1-2H3. The minimum atomic E-state index is 0.0926. The normalized spacial score (nSPS) is 8.09. The first-order valence-electron chi connectivity index (χ1n) is 3.94. The van der Waals surface area contributed by atoms with Crippen LogP contribution in [0.3, 0.4) is 0 Å². The Labute approximate surface area is 69.8 Å². The fourth-order valence-electron chi connectivity index (χ4n) is 0.250. The van der Waals surface area contributed by atoms with Crippen LogP contribution in [-0.2, 0) is 4.79 Å². The van der Waals surface area contributed by atoms with Gasteiger partial charge in [0.1, 0.15) is 0 Å². The molecule has 3 nitrogen and oxygen atoms in total. The van der Waals surface area contributed by atoms with E-state index in [9.17, 15) is 4.79 Å². The summed E-state index contributed by atoms with van der Waals surface area (Å²) in [5, 5.41) is 3.11. The van der Waals surface area contributed by atoms with E-state index < -0.39 is 0 Å². The van der Waals surface area contributed by atoms with Crippen LogP contribution in [0, 0.1) is 0 Å². The molecule has 11 heavy (non-hydrogen) atoms. The number of hydrogen-bond donors (Lipinski definition) is 1. The van der Waals surface area contributed by atoms with Crippen LogP contribution in [0.2, 0.25) is 0 Å². The van der Waals surface area contributed by atoms with Gasteiger partial charge in [-0.15, -0.1) is 0 Å². The van der Waals surface area contributed by atoms with Gasteiger partial charge in [0.25, 0.3) is 0 Å². The Balaban J connectivity index is 0. The van der Waals surface area contributed by atoms with E-state index in [0.29, 0.717) is 0 Å². The van der Waals surface area contributed by atoms with Crippen molar-refractivity contribution in [3.63, 3.8) is 0 Å². The molecule has 0 aliphatic heterocycles. The van der Waals surface area contributed by atoms with Crippen molar-refractivity contribution in [3.05, 3.63) is 0 Å². The summed E-state index contributed by atoms with van der Waals surface area (Å²) in [4.78, 5) is 11.6. The number of rotatable bonds is 2. The average molecular weight is 160 g/mol. The van der Waals surface area contributed by atoms with E-state index in [1.807, 2.05) is 0 Å². The summed E-state index contributed by atoms with van der Waals surface area (Å²) in [5.41, 5.74) is 0. The second kappa shape index (κ2) is 9.43. The molecular weight excluding hydrogens is 140 g/mol. The zero-order valence-corrected chi connectivity index (χ0v) is 8.27. The second-order valence-corrected chi connectivity index (χ2v) is 2.37. The summed E-state index contributed by atoms with van der Waals surface area (Å²) in [7, 11) is 3.45. The molecule has 1 N–H and O–H groups in total. The SMILES string of the molecule is CC(=O)N(C)C.CCNCC. The molecule has 0 aromatic rings. The fraction of sp³-hybridized carbons (Fsp3) is 0.875. The largest absolute Gasteiger partial charge is 0.349 e. The Kier molecular flexibility index (Phi) is 11.2. The summed E-state index contributed by atoms with van der Waals surface area (Å²) in [6.07, 6.45) is 0. The second-order valence-electron chi connectivity index (χ2n) is 2.37. The molecule has 0 unspecified atom stereocenters. The Bertz CT molecular complexity index is 90.1. The summed E-state index contributed by atoms with van der Waals surface area (Å²) in [5.74, 6) is 0.0926. The van der Waals surface area contributed by atoms with Gasteiger partial charge in [-0.3, -0.25) is 4.79 Å². The summed E-state index contributed by atoms with van der Waals surface area (Å²) < 4.78 is 0. The molecule has 0 aromatic carbocycles. The van der Waals surface area contributed by atoms with Gasteiger partial charge < -0.3 is 10.2 Å². The molecule has 0 aliphatic rings. The maximum absolute atomic E-state index is 10.1. The maximum Gasteiger partial charge on any atom is 0.218 e. The first-order chi connectivity index (χ1) is 5.06. The first-order valence-corrected chi connectivity index (χ1v) is 3.94. The number of carbonyl (C=O) groups is 1. The van der Waals surface area contributed by atoms with E-state index in [2.05, 4.69) is 19.2 Å². The van der Waals surface area contributed by atoms with E-state index in [1.165, 1.54) is 11.8 Å². The van der Waals surface area contributed by atoms with Gasteiger partial charge in [0.15, 0.2) is 0 Å². The molecule has 3 heteroatoms. The summed E-state index contributed by atoms with van der Waals surface area (Å²) >= 11 is 0. The zero-order chi connectivity index (χ0) is 9.28. The van der Waals surface area contributed by atoms with Crippen LogP contribution in [0.4, 0.5) is 0 Å². The van der Waals surface area contributed by atoms with Crippen molar-refractivity contribution >= 4 is 5.91 Å². The lowest BCUT2D eigenvalue weighted by Crippen LogP contribution is -2.17. The lowest BCUT2D eigenvalue weighted by molar-refractivity contribution is -0.126. The summed E-state index contributed by atoms with van der Waals surface area (Å²) in [6.45, 7) is 7.92. The Morgan fingerprint density at radius 3 is 1.55 bits per heavy atom.